The molecule has 2 aliphatic rings. The van der Waals surface area contributed by atoms with Crippen molar-refractivity contribution in [1.29, 1.82) is 0 Å². The molecule has 0 bridgehead atoms. The van der Waals surface area contributed by atoms with Gasteiger partial charge in [0.05, 0.1) is 49.5 Å². The second-order valence-electron chi connectivity index (χ2n) is 27.3. The van der Waals surface area contributed by atoms with Crippen LogP contribution in [0.5, 0.6) is 11.5 Å². The molecule has 6 heterocycles. The van der Waals surface area contributed by atoms with Crippen LogP contribution in [-0.2, 0) is 5.41 Å². The van der Waals surface area contributed by atoms with Crippen LogP contribution >= 0.6 is 11.3 Å². The molecular weight excluding hydrogens is 1250 g/mol. The maximum Gasteiger partial charge on any atom is 0.132 e. The van der Waals surface area contributed by atoms with Crippen molar-refractivity contribution in [2.24, 2.45) is 0 Å². The molecule has 0 amide bonds. The van der Waals surface area contributed by atoms with Gasteiger partial charge in [-0.15, -0.1) is 11.3 Å². The molecule has 468 valence electrons. The maximum absolute atomic E-state index is 6.97. The summed E-state index contributed by atoms with van der Waals surface area (Å²) in [7, 11) is 0. The first kappa shape index (κ1) is 55.0. The van der Waals surface area contributed by atoms with Gasteiger partial charge < -0.3 is 23.0 Å². The Morgan fingerprint density at radius 3 is 1.31 bits per heavy atom. The molecular formula is C95H56N4OS. The molecule has 5 aromatic heterocycles. The van der Waals surface area contributed by atoms with Crippen LogP contribution in [0.3, 0.4) is 0 Å². The summed E-state index contributed by atoms with van der Waals surface area (Å²) >= 11 is 1.95. The number of rotatable bonds is 6. The Hall–Kier alpha value is -13.0. The zero-order valence-electron chi connectivity index (χ0n) is 54.4. The number of para-hydroxylation sites is 7. The third-order valence-corrected chi connectivity index (χ3v) is 23.6. The minimum Gasteiger partial charge on any atom is -0.457 e. The molecule has 0 atom stereocenters. The topological polar surface area (TPSA) is 28.9 Å². The van der Waals surface area contributed by atoms with Gasteiger partial charge in [0.2, 0.25) is 0 Å². The van der Waals surface area contributed by atoms with Crippen molar-refractivity contribution >= 4 is 130 Å². The van der Waals surface area contributed by atoms with Gasteiger partial charge in [-0.05, 0) is 171 Å². The quantitative estimate of drug-likeness (QED) is 0.163. The van der Waals surface area contributed by atoms with Crippen LogP contribution in [0.4, 0.5) is 0 Å². The van der Waals surface area contributed by atoms with E-state index in [0.29, 0.717) is 0 Å². The van der Waals surface area contributed by atoms with Gasteiger partial charge in [-0.25, -0.2) is 0 Å². The normalized spacial score (nSPS) is 13.1. The predicted molar refractivity (Wildman–Crippen MR) is 422 cm³/mol. The van der Waals surface area contributed by atoms with Crippen LogP contribution in [0, 0.1) is 0 Å². The molecule has 0 radical (unpaired) electrons. The third kappa shape index (κ3) is 7.42. The van der Waals surface area contributed by atoms with Crippen LogP contribution in [0.2, 0.25) is 0 Å². The van der Waals surface area contributed by atoms with E-state index < -0.39 is 5.41 Å². The fourth-order valence-electron chi connectivity index (χ4n) is 18.2. The first-order valence-corrected chi connectivity index (χ1v) is 35.6. The Balaban J connectivity index is 0.772. The minimum absolute atomic E-state index is 0.734. The Labute approximate surface area is 583 Å². The number of fused-ring (bicyclic) bond motifs is 29. The molecule has 21 aromatic rings. The number of aromatic nitrogens is 4. The largest absolute Gasteiger partial charge is 0.457 e. The van der Waals surface area contributed by atoms with Crippen molar-refractivity contribution in [2.45, 2.75) is 5.41 Å². The standard InChI is InChI=1S/C95H56N4OS/c1-5-23-57(24-6-1)58-41-45-64(46-42-58)96-81-38-20-16-34-68(81)90-83(96)50-48-70-89-66-32-13-14-33-67(66)92-91(94(89)101-93(70)90)69-47-43-60(52-84(69)99(92)63-29-11-4-12-30-63)59-44-49-82-73(51-59)75-54-72-71-53-74-65-31-15-19-37-80(65)97(61-25-7-2-8-26-61)85(74)55-78(71)95(79(72)56-86(75)98(82)62-27-9-3-10-28-62)76-35-17-21-39-87(76)100-88-40-22-18-36-77(88)95/h1-56H. The van der Waals surface area contributed by atoms with Crippen LogP contribution in [0.15, 0.2) is 340 Å². The molecule has 1 aliphatic heterocycles. The Bertz CT molecular complexity index is 7090. The van der Waals surface area contributed by atoms with Gasteiger partial charge in [0.25, 0.3) is 0 Å². The lowest BCUT2D eigenvalue weighted by Crippen LogP contribution is -2.32. The molecule has 0 unspecified atom stereocenters. The summed E-state index contributed by atoms with van der Waals surface area (Å²) in [6.45, 7) is 0. The van der Waals surface area contributed by atoms with Gasteiger partial charge in [0.1, 0.15) is 11.5 Å². The van der Waals surface area contributed by atoms with Gasteiger partial charge in [-0.1, -0.05) is 218 Å². The van der Waals surface area contributed by atoms with Crippen molar-refractivity contribution in [3.8, 4) is 67.6 Å². The molecule has 0 N–H and O–H groups in total. The fraction of sp³-hybridized carbons (Fsp3) is 0.0105. The number of hydrogen-bond acceptors (Lipinski definition) is 2. The van der Waals surface area contributed by atoms with Gasteiger partial charge in [0, 0.05) is 103 Å². The fourth-order valence-corrected chi connectivity index (χ4v) is 19.7. The molecule has 1 aliphatic carbocycles. The summed E-state index contributed by atoms with van der Waals surface area (Å²) in [6, 6.07) is 126. The summed E-state index contributed by atoms with van der Waals surface area (Å²) < 4.78 is 19.6. The van der Waals surface area contributed by atoms with Gasteiger partial charge in [0.15, 0.2) is 0 Å². The first-order valence-electron chi connectivity index (χ1n) is 34.8. The van der Waals surface area contributed by atoms with Crippen molar-refractivity contribution < 1.29 is 4.74 Å². The van der Waals surface area contributed by atoms with E-state index in [9.17, 15) is 0 Å². The molecule has 6 heteroatoms. The van der Waals surface area contributed by atoms with Crippen LogP contribution in [-0.4, -0.2) is 18.3 Å². The monoisotopic (exact) mass is 1300 g/mol. The highest BCUT2D eigenvalue weighted by Gasteiger charge is 2.52. The average molecular weight is 1300 g/mol. The third-order valence-electron chi connectivity index (χ3n) is 22.4. The van der Waals surface area contributed by atoms with Crippen molar-refractivity contribution in [1.82, 2.24) is 18.3 Å². The summed E-state index contributed by atoms with van der Waals surface area (Å²) in [5.74, 6) is 1.74. The van der Waals surface area contributed by atoms with E-state index in [-0.39, 0.29) is 0 Å². The van der Waals surface area contributed by atoms with Crippen molar-refractivity contribution in [3.05, 3.63) is 362 Å². The van der Waals surface area contributed by atoms with Crippen LogP contribution < -0.4 is 4.74 Å². The predicted octanol–water partition coefficient (Wildman–Crippen LogP) is 25.4. The summed E-state index contributed by atoms with van der Waals surface area (Å²) in [5, 5.41) is 15.0. The summed E-state index contributed by atoms with van der Waals surface area (Å²) in [6.07, 6.45) is 0. The van der Waals surface area contributed by atoms with E-state index in [1.807, 2.05) is 11.3 Å². The van der Waals surface area contributed by atoms with Gasteiger partial charge >= 0.3 is 0 Å². The zero-order chi connectivity index (χ0) is 65.8. The molecule has 5 nitrogen and oxygen atoms in total. The Kier molecular flexibility index (Phi) is 11.2. The molecule has 101 heavy (non-hydrogen) atoms. The second kappa shape index (κ2) is 20.5. The molecule has 0 saturated carbocycles. The number of nitrogens with zero attached hydrogens (tertiary/aromatic N) is 4. The minimum atomic E-state index is -0.734. The second-order valence-corrected chi connectivity index (χ2v) is 28.4. The molecule has 16 aromatic carbocycles. The molecule has 0 fully saturated rings. The van der Waals surface area contributed by atoms with E-state index in [1.165, 1.54) is 141 Å². The number of hydrogen-bond donors (Lipinski definition) is 0. The Morgan fingerprint density at radius 2 is 0.653 bits per heavy atom. The lowest BCUT2D eigenvalue weighted by Gasteiger charge is -2.39. The maximum atomic E-state index is 6.97. The van der Waals surface area contributed by atoms with E-state index >= 15 is 0 Å². The first-order chi connectivity index (χ1) is 50.1. The zero-order valence-corrected chi connectivity index (χ0v) is 55.3. The highest BCUT2D eigenvalue weighted by Crippen LogP contribution is 2.64. The number of benzene rings is 16. The van der Waals surface area contributed by atoms with Gasteiger partial charge in [-0.2, -0.15) is 0 Å². The smallest absolute Gasteiger partial charge is 0.132 e. The van der Waals surface area contributed by atoms with E-state index in [4.69, 9.17) is 4.74 Å². The van der Waals surface area contributed by atoms with E-state index in [1.54, 1.807) is 0 Å². The highest BCUT2D eigenvalue weighted by atomic mass is 32.1. The van der Waals surface area contributed by atoms with Gasteiger partial charge in [-0.3, -0.25) is 0 Å². The number of ether oxygens (including phenoxy) is 1. The van der Waals surface area contributed by atoms with Crippen LogP contribution in [0.25, 0.3) is 174 Å². The average Bonchev–Trinajstić information content (AvgIpc) is 1.52. The van der Waals surface area contributed by atoms with E-state index in [0.717, 1.165) is 67.5 Å². The SMILES string of the molecule is c1ccc(-c2ccc(-n3c4ccccc4c4c5sc6c(c7ccccc7c7c6c6ccc(-c8ccc9c(c8)c8cc%10c(cc8n9-c8ccccc8)C8(c9ccccc9Oc9ccccc98)c8cc9c(cc8-%10)c8ccccc8n9-c8ccccc8)cc6n7-c6ccccc6)c5ccc43)cc2)cc1. The van der Waals surface area contributed by atoms with Crippen molar-refractivity contribution in [3.63, 3.8) is 0 Å². The summed E-state index contributed by atoms with van der Waals surface area (Å²) in [4.78, 5) is 0. The molecule has 1 spiro atoms. The highest BCUT2D eigenvalue weighted by molar-refractivity contribution is 7.28. The molecule has 23 rings (SSSR count). The lowest BCUT2D eigenvalue weighted by atomic mass is 9.66. The van der Waals surface area contributed by atoms with Crippen LogP contribution in [0.1, 0.15) is 22.3 Å². The van der Waals surface area contributed by atoms with Crippen molar-refractivity contribution in [2.75, 3.05) is 0 Å². The Morgan fingerprint density at radius 1 is 0.228 bits per heavy atom. The molecule has 0 saturated heterocycles. The lowest BCUT2D eigenvalue weighted by molar-refractivity contribution is 0.436. The van der Waals surface area contributed by atoms with E-state index in [2.05, 4.69) is 358 Å². The summed E-state index contributed by atoms with van der Waals surface area (Å²) in [5.41, 5.74) is 25.2. The number of thiophene rings is 1.